The molecule has 0 aliphatic carbocycles. The Labute approximate surface area is 152 Å². The van der Waals surface area contributed by atoms with Gasteiger partial charge in [0.25, 0.3) is 5.69 Å². The summed E-state index contributed by atoms with van der Waals surface area (Å²) >= 11 is 0. The zero-order valence-electron chi connectivity index (χ0n) is 15.0. The van der Waals surface area contributed by atoms with Crippen molar-refractivity contribution in [1.29, 1.82) is 0 Å². The second-order valence-electron chi connectivity index (χ2n) is 6.69. The average molecular weight is 360 g/mol. The molecular formula is C18H24N4O4. The number of piperidine rings is 1. The smallest absolute Gasteiger partial charge is 0.269 e. The number of benzene rings is 1. The largest absolute Gasteiger partial charge is 0.385 e. The minimum Gasteiger partial charge on any atom is -0.385 e. The third kappa shape index (κ3) is 3.71. The van der Waals surface area contributed by atoms with Crippen LogP contribution in [0.15, 0.2) is 30.6 Å². The number of aliphatic hydroxyl groups excluding tert-OH is 1. The van der Waals surface area contributed by atoms with E-state index in [2.05, 4.69) is 9.88 Å². The monoisotopic (exact) mass is 360 g/mol. The molecular weight excluding hydrogens is 336 g/mol. The van der Waals surface area contributed by atoms with Crippen molar-refractivity contribution in [1.82, 2.24) is 9.55 Å². The number of aromatic nitrogens is 2. The molecule has 2 aromatic rings. The van der Waals surface area contributed by atoms with Gasteiger partial charge in [-0.25, -0.2) is 4.98 Å². The zero-order chi connectivity index (χ0) is 18.7. The number of nitro groups is 1. The van der Waals surface area contributed by atoms with Crippen molar-refractivity contribution in [2.24, 2.45) is 13.0 Å². The van der Waals surface area contributed by atoms with Crippen molar-refractivity contribution in [2.45, 2.75) is 25.6 Å². The molecule has 1 aromatic carbocycles. The molecule has 0 bridgehead atoms. The number of aliphatic hydroxyl groups is 1. The van der Waals surface area contributed by atoms with Crippen molar-refractivity contribution in [3.63, 3.8) is 0 Å². The predicted molar refractivity (Wildman–Crippen MR) is 96.9 cm³/mol. The van der Waals surface area contributed by atoms with E-state index in [1.807, 2.05) is 17.8 Å². The van der Waals surface area contributed by atoms with Gasteiger partial charge in [0.05, 0.1) is 11.5 Å². The minimum absolute atomic E-state index is 0.0513. The maximum atomic E-state index is 11.1. The summed E-state index contributed by atoms with van der Waals surface area (Å²) in [7, 11) is 3.45. The van der Waals surface area contributed by atoms with Crippen molar-refractivity contribution < 1.29 is 14.8 Å². The van der Waals surface area contributed by atoms with Gasteiger partial charge in [-0.3, -0.25) is 10.1 Å². The van der Waals surface area contributed by atoms with E-state index in [1.165, 1.54) is 6.07 Å². The molecule has 1 N–H and O–H groups in total. The van der Waals surface area contributed by atoms with Crippen LogP contribution < -0.4 is 4.90 Å². The molecule has 2 unspecified atom stereocenters. The fraction of sp³-hybridized carbons (Fsp3) is 0.500. The van der Waals surface area contributed by atoms with Crippen LogP contribution in [0.5, 0.6) is 0 Å². The number of hydrogen-bond acceptors (Lipinski definition) is 6. The molecule has 3 rings (SSSR count). The molecule has 1 aliphatic rings. The Bertz CT molecular complexity index is 776. The number of anilines is 1. The molecule has 2 atom stereocenters. The van der Waals surface area contributed by atoms with Gasteiger partial charge in [0.15, 0.2) is 0 Å². The Kier molecular flexibility index (Phi) is 5.53. The summed E-state index contributed by atoms with van der Waals surface area (Å²) in [4.78, 5) is 17.1. The van der Waals surface area contributed by atoms with E-state index < -0.39 is 11.0 Å². The number of nitro benzene ring substituents is 1. The normalized spacial score (nSPS) is 18.7. The lowest BCUT2D eigenvalue weighted by Crippen LogP contribution is -2.39. The number of ether oxygens (including phenoxy) is 1. The van der Waals surface area contributed by atoms with E-state index in [-0.39, 0.29) is 11.6 Å². The number of non-ortho nitro benzene ring substituents is 1. The van der Waals surface area contributed by atoms with Gasteiger partial charge < -0.3 is 19.3 Å². The van der Waals surface area contributed by atoms with Gasteiger partial charge in [-0.1, -0.05) is 0 Å². The second kappa shape index (κ2) is 7.84. The van der Waals surface area contributed by atoms with Gasteiger partial charge in [0, 0.05) is 68.9 Å². The number of imidazole rings is 1. The first kappa shape index (κ1) is 18.3. The molecule has 1 fully saturated rings. The third-order valence-electron chi connectivity index (χ3n) is 4.94. The van der Waals surface area contributed by atoms with Crippen molar-refractivity contribution >= 4 is 11.4 Å². The van der Waals surface area contributed by atoms with E-state index in [9.17, 15) is 15.2 Å². The fourth-order valence-electron chi connectivity index (χ4n) is 3.62. The summed E-state index contributed by atoms with van der Waals surface area (Å²) in [6.07, 6.45) is 4.73. The Hall–Kier alpha value is -2.45. The van der Waals surface area contributed by atoms with Crippen LogP contribution in [0, 0.1) is 16.0 Å². The topological polar surface area (TPSA) is 93.7 Å². The van der Waals surface area contributed by atoms with Gasteiger partial charge >= 0.3 is 0 Å². The Morgan fingerprint density at radius 3 is 2.96 bits per heavy atom. The van der Waals surface area contributed by atoms with Gasteiger partial charge in [-0.05, 0) is 18.9 Å². The maximum Gasteiger partial charge on any atom is 0.269 e. The first-order chi connectivity index (χ1) is 12.5. The van der Waals surface area contributed by atoms with E-state index >= 15 is 0 Å². The van der Waals surface area contributed by atoms with Crippen LogP contribution in [-0.2, 0) is 18.4 Å². The summed E-state index contributed by atoms with van der Waals surface area (Å²) in [5, 5.41) is 21.8. The molecule has 1 saturated heterocycles. The lowest BCUT2D eigenvalue weighted by molar-refractivity contribution is -0.384. The van der Waals surface area contributed by atoms with E-state index in [1.54, 1.807) is 25.4 Å². The van der Waals surface area contributed by atoms with Crippen molar-refractivity contribution in [3.8, 4) is 0 Å². The highest BCUT2D eigenvalue weighted by Gasteiger charge is 2.30. The molecule has 2 heterocycles. The van der Waals surface area contributed by atoms with E-state index in [0.29, 0.717) is 19.0 Å². The number of rotatable bonds is 6. The molecule has 0 amide bonds. The Morgan fingerprint density at radius 1 is 1.50 bits per heavy atom. The van der Waals surface area contributed by atoms with Gasteiger partial charge in [-0.15, -0.1) is 0 Å². The Morgan fingerprint density at radius 2 is 2.31 bits per heavy atom. The summed E-state index contributed by atoms with van der Waals surface area (Å²) in [5.74, 6) is 0.716. The molecule has 26 heavy (non-hydrogen) atoms. The molecule has 8 nitrogen and oxygen atoms in total. The summed E-state index contributed by atoms with van der Waals surface area (Å²) in [6.45, 7) is 1.82. The maximum absolute atomic E-state index is 11.1. The quantitative estimate of drug-likeness (QED) is 0.628. The molecule has 8 heteroatoms. The van der Waals surface area contributed by atoms with Crippen molar-refractivity contribution in [3.05, 3.63) is 52.1 Å². The first-order valence-corrected chi connectivity index (χ1v) is 8.67. The van der Waals surface area contributed by atoms with Gasteiger partial charge in [-0.2, -0.15) is 0 Å². The zero-order valence-corrected chi connectivity index (χ0v) is 15.0. The standard InChI is InChI=1S/C18H24N4O4/c1-20-9-7-19-18(20)17(23)13-4-3-8-21(11-13)16-6-5-15(22(24)25)10-14(16)12-26-2/h5-7,9-10,13,17,23H,3-4,8,11-12H2,1-2H3. The number of aryl methyl sites for hydroxylation is 1. The molecule has 0 spiro atoms. The van der Waals surface area contributed by atoms with Crippen LogP contribution in [0.2, 0.25) is 0 Å². The lowest BCUT2D eigenvalue weighted by atomic mass is 9.91. The summed E-state index contributed by atoms with van der Waals surface area (Å²) in [5.41, 5.74) is 1.77. The highest BCUT2D eigenvalue weighted by molar-refractivity contribution is 5.58. The van der Waals surface area contributed by atoms with Crippen LogP contribution in [0.25, 0.3) is 0 Å². The van der Waals surface area contributed by atoms with Crippen LogP contribution in [0.1, 0.15) is 30.3 Å². The third-order valence-corrected chi connectivity index (χ3v) is 4.94. The molecule has 1 aromatic heterocycles. The van der Waals surface area contributed by atoms with Crippen LogP contribution >= 0.6 is 0 Å². The first-order valence-electron chi connectivity index (χ1n) is 8.67. The number of nitrogens with zero attached hydrogens (tertiary/aromatic N) is 4. The van der Waals surface area contributed by atoms with E-state index in [0.717, 1.165) is 30.6 Å². The SMILES string of the molecule is COCc1cc([N+](=O)[O-])ccc1N1CCCC(C(O)c2nccn2C)C1. The van der Waals surface area contributed by atoms with Gasteiger partial charge in [0.1, 0.15) is 11.9 Å². The summed E-state index contributed by atoms with van der Waals surface area (Å²) in [6, 6.07) is 4.87. The number of methoxy groups -OCH3 is 1. The second-order valence-corrected chi connectivity index (χ2v) is 6.69. The van der Waals surface area contributed by atoms with Crippen LogP contribution in [-0.4, -0.2) is 39.8 Å². The molecule has 0 radical (unpaired) electrons. The minimum atomic E-state index is -0.637. The molecule has 0 saturated carbocycles. The highest BCUT2D eigenvalue weighted by Crippen LogP contribution is 2.34. The number of hydrogen-bond donors (Lipinski definition) is 1. The van der Waals surface area contributed by atoms with Crippen LogP contribution in [0.3, 0.4) is 0 Å². The average Bonchev–Trinajstić information content (AvgIpc) is 3.07. The predicted octanol–water partition coefficient (Wildman–Crippen LogP) is 2.42. The fourth-order valence-corrected chi connectivity index (χ4v) is 3.62. The molecule has 1 aliphatic heterocycles. The van der Waals surface area contributed by atoms with Gasteiger partial charge in [0.2, 0.25) is 0 Å². The Balaban J connectivity index is 1.83. The van der Waals surface area contributed by atoms with Crippen molar-refractivity contribution in [2.75, 3.05) is 25.1 Å². The lowest BCUT2D eigenvalue weighted by Gasteiger charge is -2.37. The highest BCUT2D eigenvalue weighted by atomic mass is 16.6. The summed E-state index contributed by atoms with van der Waals surface area (Å²) < 4.78 is 7.07. The van der Waals surface area contributed by atoms with Crippen LogP contribution in [0.4, 0.5) is 11.4 Å². The molecule has 140 valence electrons. The van der Waals surface area contributed by atoms with E-state index in [4.69, 9.17) is 4.74 Å².